The van der Waals surface area contributed by atoms with Crippen LogP contribution in [0.3, 0.4) is 0 Å². The van der Waals surface area contributed by atoms with Crippen LogP contribution in [0.2, 0.25) is 0 Å². The number of thiazole rings is 1. The van der Waals surface area contributed by atoms with Gasteiger partial charge in [0.05, 0.1) is 25.4 Å². The van der Waals surface area contributed by atoms with Gasteiger partial charge in [-0.15, -0.1) is 11.3 Å². The number of hydrogen-bond acceptors (Lipinski definition) is 6. The van der Waals surface area contributed by atoms with Crippen molar-refractivity contribution in [3.05, 3.63) is 34.8 Å². The van der Waals surface area contributed by atoms with Crippen LogP contribution in [0.4, 0.5) is 0 Å². The maximum Gasteiger partial charge on any atom is 0.244 e. The molecule has 114 valence electrons. The number of nitrogens with zero attached hydrogens (tertiary/aromatic N) is 1. The number of aromatic nitrogens is 1. The van der Waals surface area contributed by atoms with E-state index in [9.17, 15) is 8.42 Å². The molecule has 0 amide bonds. The highest BCUT2D eigenvalue weighted by molar-refractivity contribution is 7.89. The first-order valence-corrected chi connectivity index (χ1v) is 8.58. The summed E-state index contributed by atoms with van der Waals surface area (Å²) >= 11 is 1.48. The summed E-state index contributed by atoms with van der Waals surface area (Å²) < 4.78 is 37.3. The van der Waals surface area contributed by atoms with Gasteiger partial charge in [-0.3, -0.25) is 0 Å². The van der Waals surface area contributed by atoms with Gasteiger partial charge >= 0.3 is 0 Å². The second-order valence-corrected chi connectivity index (χ2v) is 6.60. The first kappa shape index (κ1) is 15.7. The lowest BCUT2D eigenvalue weighted by atomic mass is 10.3. The van der Waals surface area contributed by atoms with E-state index in [1.165, 1.54) is 37.7 Å². The maximum absolute atomic E-state index is 12.3. The zero-order valence-corrected chi connectivity index (χ0v) is 13.3. The number of rotatable bonds is 7. The smallest absolute Gasteiger partial charge is 0.244 e. The molecule has 2 rings (SSSR count). The van der Waals surface area contributed by atoms with E-state index in [2.05, 4.69) is 9.71 Å². The van der Waals surface area contributed by atoms with Crippen LogP contribution in [-0.2, 0) is 16.4 Å². The molecule has 0 fully saturated rings. The number of ether oxygens (including phenoxy) is 2. The van der Waals surface area contributed by atoms with Gasteiger partial charge in [0.25, 0.3) is 0 Å². The Morgan fingerprint density at radius 1 is 1.29 bits per heavy atom. The predicted octanol–water partition coefficient (Wildman–Crippen LogP) is 1.68. The third-order valence-electron chi connectivity index (χ3n) is 2.82. The van der Waals surface area contributed by atoms with Crippen molar-refractivity contribution in [3.63, 3.8) is 0 Å². The Morgan fingerprint density at radius 3 is 2.71 bits per heavy atom. The van der Waals surface area contributed by atoms with Crippen LogP contribution in [0, 0.1) is 0 Å². The molecule has 0 aliphatic heterocycles. The SMILES string of the molecule is COc1ccc(S(=O)(=O)NCCc2cscn2)c(OC)c1. The van der Waals surface area contributed by atoms with Crippen molar-refractivity contribution in [1.29, 1.82) is 0 Å². The van der Waals surface area contributed by atoms with Crippen molar-refractivity contribution in [2.75, 3.05) is 20.8 Å². The molecule has 0 saturated heterocycles. The summed E-state index contributed by atoms with van der Waals surface area (Å²) in [6, 6.07) is 4.58. The van der Waals surface area contributed by atoms with Crippen LogP contribution < -0.4 is 14.2 Å². The van der Waals surface area contributed by atoms with Gasteiger partial charge in [-0.2, -0.15) is 0 Å². The van der Waals surface area contributed by atoms with Crippen molar-refractivity contribution in [1.82, 2.24) is 9.71 Å². The van der Waals surface area contributed by atoms with Crippen molar-refractivity contribution in [3.8, 4) is 11.5 Å². The number of benzene rings is 1. The Balaban J connectivity index is 2.11. The largest absolute Gasteiger partial charge is 0.497 e. The summed E-state index contributed by atoms with van der Waals surface area (Å²) in [4.78, 5) is 4.19. The Hall–Kier alpha value is -1.64. The van der Waals surface area contributed by atoms with Crippen LogP contribution >= 0.6 is 11.3 Å². The minimum Gasteiger partial charge on any atom is -0.497 e. The van der Waals surface area contributed by atoms with E-state index < -0.39 is 10.0 Å². The van der Waals surface area contributed by atoms with Crippen LogP contribution in [-0.4, -0.2) is 34.2 Å². The van der Waals surface area contributed by atoms with Crippen molar-refractivity contribution in [2.24, 2.45) is 0 Å². The van der Waals surface area contributed by atoms with Gasteiger partial charge in [-0.05, 0) is 12.1 Å². The minimum atomic E-state index is -3.64. The molecule has 0 spiro atoms. The highest BCUT2D eigenvalue weighted by Gasteiger charge is 2.19. The van der Waals surface area contributed by atoms with Crippen LogP contribution in [0.25, 0.3) is 0 Å². The zero-order chi connectivity index (χ0) is 15.3. The third-order valence-corrected chi connectivity index (χ3v) is 4.95. The fraction of sp³-hybridized carbons (Fsp3) is 0.308. The molecule has 1 heterocycles. The van der Waals surface area contributed by atoms with Crippen LogP contribution in [0.15, 0.2) is 34.0 Å². The van der Waals surface area contributed by atoms with Crippen LogP contribution in [0.5, 0.6) is 11.5 Å². The maximum atomic E-state index is 12.3. The number of methoxy groups -OCH3 is 2. The van der Waals surface area contributed by atoms with Gasteiger partial charge in [-0.25, -0.2) is 18.1 Å². The second kappa shape index (κ2) is 6.88. The van der Waals surface area contributed by atoms with E-state index in [-0.39, 0.29) is 17.2 Å². The van der Waals surface area contributed by atoms with Gasteiger partial charge in [0.2, 0.25) is 10.0 Å². The minimum absolute atomic E-state index is 0.0871. The summed E-state index contributed by atoms with van der Waals surface area (Å²) in [7, 11) is -0.707. The molecular weight excluding hydrogens is 312 g/mol. The van der Waals surface area contributed by atoms with E-state index in [4.69, 9.17) is 9.47 Å². The molecule has 2 aromatic rings. The Bertz CT molecular complexity index is 684. The summed E-state index contributed by atoms with van der Waals surface area (Å²) in [5, 5.41) is 1.89. The summed E-state index contributed by atoms with van der Waals surface area (Å²) in [5.74, 6) is 0.781. The number of sulfonamides is 1. The molecule has 8 heteroatoms. The average molecular weight is 328 g/mol. The molecule has 0 unspecified atom stereocenters. The monoisotopic (exact) mass is 328 g/mol. The average Bonchev–Trinajstić information content (AvgIpc) is 2.99. The zero-order valence-electron chi connectivity index (χ0n) is 11.7. The molecule has 0 saturated carbocycles. The lowest BCUT2D eigenvalue weighted by Gasteiger charge is -2.11. The van der Waals surface area contributed by atoms with E-state index >= 15 is 0 Å². The summed E-state index contributed by atoms with van der Waals surface area (Å²) in [6.07, 6.45) is 0.543. The van der Waals surface area contributed by atoms with Crippen LogP contribution in [0.1, 0.15) is 5.69 Å². The first-order chi connectivity index (χ1) is 10.1. The fourth-order valence-electron chi connectivity index (χ4n) is 1.75. The third kappa shape index (κ3) is 3.93. The molecule has 0 aliphatic carbocycles. The molecule has 0 atom stereocenters. The lowest BCUT2D eigenvalue weighted by Crippen LogP contribution is -2.26. The van der Waals surface area contributed by atoms with E-state index in [0.717, 1.165) is 5.69 Å². The Morgan fingerprint density at radius 2 is 2.10 bits per heavy atom. The van der Waals surface area contributed by atoms with Gasteiger partial charge in [0, 0.05) is 24.4 Å². The first-order valence-electron chi connectivity index (χ1n) is 6.15. The number of hydrogen-bond donors (Lipinski definition) is 1. The molecule has 1 aromatic heterocycles. The predicted molar refractivity (Wildman–Crippen MR) is 80.6 cm³/mol. The second-order valence-electron chi connectivity index (χ2n) is 4.14. The quantitative estimate of drug-likeness (QED) is 0.837. The Kier molecular flexibility index (Phi) is 5.16. The molecule has 0 aliphatic rings. The molecule has 0 bridgehead atoms. The molecule has 21 heavy (non-hydrogen) atoms. The van der Waals surface area contributed by atoms with E-state index in [1.807, 2.05) is 5.38 Å². The topological polar surface area (TPSA) is 77.5 Å². The van der Waals surface area contributed by atoms with E-state index in [1.54, 1.807) is 11.6 Å². The van der Waals surface area contributed by atoms with Gasteiger partial charge < -0.3 is 9.47 Å². The van der Waals surface area contributed by atoms with Crippen molar-refractivity contribution < 1.29 is 17.9 Å². The van der Waals surface area contributed by atoms with Crippen molar-refractivity contribution in [2.45, 2.75) is 11.3 Å². The summed E-state index contributed by atoms with van der Waals surface area (Å²) in [5.41, 5.74) is 2.58. The lowest BCUT2D eigenvalue weighted by molar-refractivity contribution is 0.386. The summed E-state index contributed by atoms with van der Waals surface area (Å²) in [6.45, 7) is 0.279. The van der Waals surface area contributed by atoms with Gasteiger partial charge in [0.1, 0.15) is 16.4 Å². The molecule has 6 nitrogen and oxygen atoms in total. The Labute approximate surface area is 127 Å². The molecule has 0 radical (unpaired) electrons. The van der Waals surface area contributed by atoms with Gasteiger partial charge in [-0.1, -0.05) is 0 Å². The normalized spacial score (nSPS) is 11.3. The molecule has 1 N–H and O–H groups in total. The van der Waals surface area contributed by atoms with Crippen molar-refractivity contribution >= 4 is 21.4 Å². The fourth-order valence-corrected chi connectivity index (χ4v) is 3.52. The van der Waals surface area contributed by atoms with E-state index in [0.29, 0.717) is 12.2 Å². The van der Waals surface area contributed by atoms with Gasteiger partial charge in [0.15, 0.2) is 0 Å². The highest BCUT2D eigenvalue weighted by atomic mass is 32.2. The standard InChI is InChI=1S/C13H16N2O4S2/c1-18-11-3-4-13(12(7-11)19-2)21(16,17)15-6-5-10-8-20-9-14-10/h3-4,7-9,15H,5-6H2,1-2H3. The number of nitrogens with one attached hydrogen (secondary N) is 1. The molecule has 1 aromatic carbocycles. The molecular formula is C13H16N2O4S2. The highest BCUT2D eigenvalue weighted by Crippen LogP contribution is 2.28.